The molecule has 0 aromatic carbocycles. The Morgan fingerprint density at radius 2 is 2.27 bits per heavy atom. The van der Waals surface area contributed by atoms with Crippen LogP contribution in [-0.2, 0) is 9.53 Å². The molecule has 6 heteroatoms. The lowest BCUT2D eigenvalue weighted by Gasteiger charge is -2.32. The van der Waals surface area contributed by atoms with Crippen molar-refractivity contribution in [3.63, 3.8) is 0 Å². The van der Waals surface area contributed by atoms with E-state index in [9.17, 15) is 4.79 Å². The molecule has 2 aliphatic rings. The minimum absolute atomic E-state index is 0.144. The lowest BCUT2D eigenvalue weighted by atomic mass is 9.94. The maximum absolute atomic E-state index is 12.2. The predicted molar refractivity (Wildman–Crippen MR) is 83.7 cm³/mol. The van der Waals surface area contributed by atoms with Crippen molar-refractivity contribution in [1.82, 2.24) is 20.4 Å². The number of aromatic amines is 1. The van der Waals surface area contributed by atoms with E-state index in [1.165, 1.54) is 0 Å². The lowest BCUT2D eigenvalue weighted by molar-refractivity contribution is -0.123. The van der Waals surface area contributed by atoms with Crippen LogP contribution in [0.15, 0.2) is 6.07 Å². The standard InChI is InChI=1S/C16H26N4O2/c1-12-9-15(19-18-12)13-3-2-6-20(10-13)11-16(21)17-14-4-7-22-8-5-14/h9,13-14H,2-8,10-11H2,1H3,(H,17,21)(H,18,19)/t13-/m1/s1. The summed E-state index contributed by atoms with van der Waals surface area (Å²) in [4.78, 5) is 14.5. The molecule has 3 heterocycles. The van der Waals surface area contributed by atoms with E-state index < -0.39 is 0 Å². The van der Waals surface area contributed by atoms with Gasteiger partial charge in [0.2, 0.25) is 5.91 Å². The van der Waals surface area contributed by atoms with Crippen LogP contribution < -0.4 is 5.32 Å². The fraction of sp³-hybridized carbons (Fsp3) is 0.750. The molecule has 0 aliphatic carbocycles. The molecule has 3 rings (SSSR count). The number of ether oxygens (including phenoxy) is 1. The Bertz CT molecular complexity index is 496. The molecule has 0 bridgehead atoms. The molecule has 0 spiro atoms. The molecular formula is C16H26N4O2. The fourth-order valence-electron chi connectivity index (χ4n) is 3.41. The fourth-order valence-corrected chi connectivity index (χ4v) is 3.41. The Labute approximate surface area is 131 Å². The van der Waals surface area contributed by atoms with Gasteiger partial charge in [-0.1, -0.05) is 0 Å². The summed E-state index contributed by atoms with van der Waals surface area (Å²) in [7, 11) is 0. The molecule has 122 valence electrons. The van der Waals surface area contributed by atoms with Crippen LogP contribution in [0.3, 0.4) is 0 Å². The Morgan fingerprint density at radius 1 is 1.45 bits per heavy atom. The topological polar surface area (TPSA) is 70.2 Å². The third kappa shape index (κ3) is 4.08. The molecule has 1 atom stereocenters. The maximum atomic E-state index is 12.2. The van der Waals surface area contributed by atoms with Crippen LogP contribution >= 0.6 is 0 Å². The summed E-state index contributed by atoms with van der Waals surface area (Å²) >= 11 is 0. The molecule has 1 aromatic rings. The highest BCUT2D eigenvalue weighted by Crippen LogP contribution is 2.25. The third-order valence-electron chi connectivity index (χ3n) is 4.60. The first-order valence-corrected chi connectivity index (χ1v) is 8.32. The van der Waals surface area contributed by atoms with Gasteiger partial charge in [0.1, 0.15) is 0 Å². The summed E-state index contributed by atoms with van der Waals surface area (Å²) in [6.45, 7) is 5.97. The number of likely N-dealkylation sites (tertiary alicyclic amines) is 1. The van der Waals surface area contributed by atoms with Crippen molar-refractivity contribution in [2.45, 2.75) is 44.6 Å². The van der Waals surface area contributed by atoms with E-state index in [2.05, 4.69) is 26.5 Å². The SMILES string of the molecule is Cc1cc([C@@H]2CCCN(CC(=O)NC3CCOCC3)C2)n[nH]1. The number of nitrogens with zero attached hydrogens (tertiary/aromatic N) is 2. The minimum atomic E-state index is 0.144. The number of aromatic nitrogens is 2. The van der Waals surface area contributed by atoms with Gasteiger partial charge < -0.3 is 10.1 Å². The van der Waals surface area contributed by atoms with Gasteiger partial charge in [0, 0.05) is 37.4 Å². The van der Waals surface area contributed by atoms with Crippen molar-refractivity contribution in [2.24, 2.45) is 0 Å². The van der Waals surface area contributed by atoms with E-state index in [1.807, 2.05) is 6.92 Å². The monoisotopic (exact) mass is 306 g/mol. The normalized spacial score (nSPS) is 24.3. The number of hydrogen-bond donors (Lipinski definition) is 2. The number of hydrogen-bond acceptors (Lipinski definition) is 4. The average molecular weight is 306 g/mol. The predicted octanol–water partition coefficient (Wildman–Crippen LogP) is 1.19. The number of rotatable bonds is 4. The van der Waals surface area contributed by atoms with Crippen molar-refractivity contribution in [2.75, 3.05) is 32.8 Å². The van der Waals surface area contributed by atoms with E-state index in [1.54, 1.807) is 0 Å². The van der Waals surface area contributed by atoms with Gasteiger partial charge in [-0.2, -0.15) is 5.10 Å². The number of nitrogens with one attached hydrogen (secondary N) is 2. The van der Waals surface area contributed by atoms with Crippen LogP contribution in [-0.4, -0.2) is 59.9 Å². The van der Waals surface area contributed by atoms with Gasteiger partial charge in [-0.15, -0.1) is 0 Å². The third-order valence-corrected chi connectivity index (χ3v) is 4.60. The van der Waals surface area contributed by atoms with Gasteiger partial charge in [0.05, 0.1) is 12.2 Å². The van der Waals surface area contributed by atoms with Crippen LogP contribution in [0, 0.1) is 6.92 Å². The first-order valence-electron chi connectivity index (χ1n) is 8.32. The maximum Gasteiger partial charge on any atom is 0.234 e. The Morgan fingerprint density at radius 3 is 3.00 bits per heavy atom. The van der Waals surface area contributed by atoms with Gasteiger partial charge >= 0.3 is 0 Å². The van der Waals surface area contributed by atoms with E-state index in [0.717, 1.165) is 63.4 Å². The summed E-state index contributed by atoms with van der Waals surface area (Å²) in [5, 5.41) is 10.5. The van der Waals surface area contributed by atoms with Crippen molar-refractivity contribution < 1.29 is 9.53 Å². The van der Waals surface area contributed by atoms with Crippen LogP contribution in [0.2, 0.25) is 0 Å². The van der Waals surface area contributed by atoms with Crippen molar-refractivity contribution in [3.8, 4) is 0 Å². The molecule has 0 unspecified atom stereocenters. The van der Waals surface area contributed by atoms with E-state index in [-0.39, 0.29) is 11.9 Å². The summed E-state index contributed by atoms with van der Waals surface area (Å²) in [5.41, 5.74) is 2.23. The second-order valence-corrected chi connectivity index (χ2v) is 6.50. The number of piperidine rings is 1. The highest BCUT2D eigenvalue weighted by atomic mass is 16.5. The second kappa shape index (κ2) is 7.24. The van der Waals surface area contributed by atoms with Crippen molar-refractivity contribution in [3.05, 3.63) is 17.5 Å². The number of amides is 1. The zero-order valence-electron chi connectivity index (χ0n) is 13.3. The van der Waals surface area contributed by atoms with Crippen LogP contribution in [0.1, 0.15) is 43.0 Å². The molecule has 22 heavy (non-hydrogen) atoms. The zero-order valence-corrected chi connectivity index (χ0v) is 13.3. The van der Waals surface area contributed by atoms with E-state index in [0.29, 0.717) is 12.5 Å². The second-order valence-electron chi connectivity index (χ2n) is 6.50. The largest absolute Gasteiger partial charge is 0.381 e. The van der Waals surface area contributed by atoms with Gasteiger partial charge in [0.25, 0.3) is 0 Å². The number of H-pyrrole nitrogens is 1. The molecule has 6 nitrogen and oxygen atoms in total. The first-order chi connectivity index (χ1) is 10.7. The first kappa shape index (κ1) is 15.5. The van der Waals surface area contributed by atoms with Crippen LogP contribution in [0.4, 0.5) is 0 Å². The Hall–Kier alpha value is -1.40. The molecule has 0 saturated carbocycles. The van der Waals surface area contributed by atoms with Gasteiger partial charge in [-0.3, -0.25) is 14.8 Å². The van der Waals surface area contributed by atoms with E-state index >= 15 is 0 Å². The van der Waals surface area contributed by atoms with Gasteiger partial charge in [-0.25, -0.2) is 0 Å². The minimum Gasteiger partial charge on any atom is -0.381 e. The molecule has 1 amide bonds. The highest BCUT2D eigenvalue weighted by Gasteiger charge is 2.25. The smallest absolute Gasteiger partial charge is 0.234 e. The lowest BCUT2D eigenvalue weighted by Crippen LogP contribution is -2.46. The van der Waals surface area contributed by atoms with Gasteiger partial charge in [-0.05, 0) is 45.2 Å². The summed E-state index contributed by atoms with van der Waals surface area (Å²) < 4.78 is 5.32. The van der Waals surface area contributed by atoms with Crippen LogP contribution in [0.25, 0.3) is 0 Å². The highest BCUT2D eigenvalue weighted by molar-refractivity contribution is 5.78. The number of carbonyl (C=O) groups is 1. The number of carbonyl (C=O) groups excluding carboxylic acids is 1. The van der Waals surface area contributed by atoms with E-state index in [4.69, 9.17) is 4.74 Å². The molecule has 2 aliphatic heterocycles. The summed E-state index contributed by atoms with van der Waals surface area (Å²) in [6, 6.07) is 2.41. The quantitative estimate of drug-likeness (QED) is 0.877. The average Bonchev–Trinajstić information content (AvgIpc) is 2.95. The van der Waals surface area contributed by atoms with Crippen LogP contribution in [0.5, 0.6) is 0 Å². The number of aryl methyl sites for hydroxylation is 1. The molecule has 2 fully saturated rings. The van der Waals surface area contributed by atoms with Crippen molar-refractivity contribution in [1.29, 1.82) is 0 Å². The molecule has 1 aromatic heterocycles. The Balaban J connectivity index is 1.48. The molecule has 2 N–H and O–H groups in total. The Kier molecular flexibility index (Phi) is 5.10. The zero-order chi connectivity index (χ0) is 15.4. The summed E-state index contributed by atoms with van der Waals surface area (Å²) in [6.07, 6.45) is 4.14. The summed E-state index contributed by atoms with van der Waals surface area (Å²) in [5.74, 6) is 0.584. The van der Waals surface area contributed by atoms with Crippen molar-refractivity contribution >= 4 is 5.91 Å². The molecular weight excluding hydrogens is 280 g/mol. The molecule has 0 radical (unpaired) electrons. The molecule has 2 saturated heterocycles. The van der Waals surface area contributed by atoms with Gasteiger partial charge in [0.15, 0.2) is 0 Å².